The number of hydrogen-bond donors (Lipinski definition) is 2. The second kappa shape index (κ2) is 10.8. The Kier molecular flexibility index (Phi) is 7.58. The smallest absolute Gasteiger partial charge is 0.322 e. The van der Waals surface area contributed by atoms with Crippen molar-refractivity contribution in [3.63, 3.8) is 0 Å². The monoisotopic (exact) mass is 486 g/mol. The molecule has 2 aliphatic rings. The normalized spacial score (nSPS) is 18.3. The van der Waals surface area contributed by atoms with Crippen LogP contribution in [0.1, 0.15) is 36.6 Å². The Labute approximate surface area is 212 Å². The lowest BCUT2D eigenvalue weighted by atomic mass is 9.94. The number of aryl methyl sites for hydroxylation is 1. The van der Waals surface area contributed by atoms with Crippen molar-refractivity contribution in [3.8, 4) is 0 Å². The fourth-order valence-electron chi connectivity index (χ4n) is 4.79. The van der Waals surface area contributed by atoms with E-state index in [1.807, 2.05) is 75.4 Å². The Morgan fingerprint density at radius 1 is 1.17 bits per heavy atom. The fraction of sp³-hybridized carbons (Fsp3) is 0.345. The SMILES string of the molecule is C=CCN1C(=O)N[C@H](c2cccc(C)c2)C2=C1CN([C@@H](Cc1ccccc1)C(=O)NCC(C)C)C2=O. The molecule has 188 valence electrons. The third kappa shape index (κ3) is 5.20. The summed E-state index contributed by atoms with van der Waals surface area (Å²) >= 11 is 0. The molecule has 2 atom stereocenters. The van der Waals surface area contributed by atoms with Crippen molar-refractivity contribution in [2.75, 3.05) is 19.6 Å². The predicted octanol–water partition coefficient (Wildman–Crippen LogP) is 3.73. The van der Waals surface area contributed by atoms with Crippen LogP contribution >= 0.6 is 0 Å². The molecule has 2 N–H and O–H groups in total. The van der Waals surface area contributed by atoms with Crippen LogP contribution in [-0.4, -0.2) is 53.3 Å². The largest absolute Gasteiger partial charge is 0.354 e. The van der Waals surface area contributed by atoms with Gasteiger partial charge in [-0.2, -0.15) is 0 Å². The van der Waals surface area contributed by atoms with E-state index in [9.17, 15) is 14.4 Å². The maximum atomic E-state index is 14.0. The lowest BCUT2D eigenvalue weighted by Crippen LogP contribution is -2.50. The molecule has 0 radical (unpaired) electrons. The Morgan fingerprint density at radius 2 is 1.92 bits per heavy atom. The summed E-state index contributed by atoms with van der Waals surface area (Å²) in [6, 6.07) is 15.9. The number of carbonyl (C=O) groups is 3. The molecule has 2 aromatic carbocycles. The van der Waals surface area contributed by atoms with Crippen LogP contribution in [0.5, 0.6) is 0 Å². The third-order valence-corrected chi connectivity index (χ3v) is 6.57. The van der Waals surface area contributed by atoms with Crippen LogP contribution in [0, 0.1) is 12.8 Å². The van der Waals surface area contributed by atoms with Crippen LogP contribution in [-0.2, 0) is 16.0 Å². The minimum atomic E-state index is -0.705. The molecule has 0 aliphatic carbocycles. The number of hydrogen-bond acceptors (Lipinski definition) is 3. The number of amides is 4. The van der Waals surface area contributed by atoms with E-state index >= 15 is 0 Å². The van der Waals surface area contributed by atoms with Crippen molar-refractivity contribution < 1.29 is 14.4 Å². The van der Waals surface area contributed by atoms with E-state index in [4.69, 9.17) is 0 Å². The first-order chi connectivity index (χ1) is 17.3. The number of benzene rings is 2. The Bertz CT molecular complexity index is 1190. The zero-order valence-corrected chi connectivity index (χ0v) is 21.2. The highest BCUT2D eigenvalue weighted by Gasteiger charge is 2.46. The van der Waals surface area contributed by atoms with E-state index in [1.165, 1.54) is 0 Å². The molecule has 0 saturated carbocycles. The minimum absolute atomic E-state index is 0.185. The highest BCUT2D eigenvalue weighted by molar-refractivity contribution is 6.03. The summed E-state index contributed by atoms with van der Waals surface area (Å²) in [4.78, 5) is 43.7. The van der Waals surface area contributed by atoms with Gasteiger partial charge in [0, 0.05) is 19.5 Å². The molecular weight excluding hydrogens is 452 g/mol. The van der Waals surface area contributed by atoms with Gasteiger partial charge in [-0.25, -0.2) is 4.79 Å². The molecule has 0 aromatic heterocycles. The van der Waals surface area contributed by atoms with E-state index in [-0.39, 0.29) is 36.9 Å². The zero-order valence-electron chi connectivity index (χ0n) is 21.2. The Morgan fingerprint density at radius 3 is 2.58 bits per heavy atom. The number of urea groups is 1. The molecule has 2 aliphatic heterocycles. The van der Waals surface area contributed by atoms with Gasteiger partial charge in [-0.1, -0.05) is 80.1 Å². The van der Waals surface area contributed by atoms with Crippen molar-refractivity contribution >= 4 is 17.8 Å². The highest BCUT2D eigenvalue weighted by atomic mass is 16.2. The molecule has 0 bridgehead atoms. The van der Waals surface area contributed by atoms with Gasteiger partial charge in [-0.3, -0.25) is 14.5 Å². The maximum Gasteiger partial charge on any atom is 0.322 e. The summed E-state index contributed by atoms with van der Waals surface area (Å²) in [6.07, 6.45) is 2.02. The van der Waals surface area contributed by atoms with Gasteiger partial charge in [-0.15, -0.1) is 6.58 Å². The van der Waals surface area contributed by atoms with Crippen molar-refractivity contribution in [2.24, 2.45) is 5.92 Å². The predicted molar refractivity (Wildman–Crippen MR) is 140 cm³/mol. The second-order valence-corrected chi connectivity index (χ2v) is 9.83. The van der Waals surface area contributed by atoms with E-state index in [0.29, 0.717) is 24.2 Å². The lowest BCUT2D eigenvalue weighted by Gasteiger charge is -2.33. The first-order valence-electron chi connectivity index (χ1n) is 12.4. The fourth-order valence-corrected chi connectivity index (χ4v) is 4.79. The minimum Gasteiger partial charge on any atom is -0.354 e. The molecule has 7 nitrogen and oxygen atoms in total. The van der Waals surface area contributed by atoms with Crippen molar-refractivity contribution in [2.45, 2.75) is 39.3 Å². The van der Waals surface area contributed by atoms with Gasteiger partial charge in [0.05, 0.1) is 23.9 Å². The maximum absolute atomic E-state index is 14.0. The first-order valence-corrected chi connectivity index (χ1v) is 12.4. The second-order valence-electron chi connectivity index (χ2n) is 9.83. The van der Waals surface area contributed by atoms with Crippen LogP contribution < -0.4 is 10.6 Å². The van der Waals surface area contributed by atoms with Gasteiger partial charge < -0.3 is 15.5 Å². The molecule has 4 amide bonds. The molecule has 0 fully saturated rings. The summed E-state index contributed by atoms with van der Waals surface area (Å²) in [5.41, 5.74) is 3.98. The summed E-state index contributed by atoms with van der Waals surface area (Å²) in [7, 11) is 0. The standard InChI is InChI=1S/C29H34N4O3/c1-5-14-32-24-18-33(23(27(34)30-17-19(2)3)16-21-11-7-6-8-12-21)28(35)25(24)26(31-29(32)36)22-13-9-10-20(4)15-22/h5-13,15,19,23,26H,1,14,16-18H2,2-4H3,(H,30,34)(H,31,36)/t23-,26+/m0/s1. The van der Waals surface area contributed by atoms with E-state index in [0.717, 1.165) is 16.7 Å². The van der Waals surface area contributed by atoms with Crippen LogP contribution in [0.2, 0.25) is 0 Å². The number of nitrogens with one attached hydrogen (secondary N) is 2. The van der Waals surface area contributed by atoms with E-state index in [1.54, 1.807) is 15.9 Å². The van der Waals surface area contributed by atoms with E-state index < -0.39 is 12.1 Å². The van der Waals surface area contributed by atoms with Crippen molar-refractivity contribution in [1.29, 1.82) is 0 Å². The van der Waals surface area contributed by atoms with Gasteiger partial charge in [0.1, 0.15) is 6.04 Å². The van der Waals surface area contributed by atoms with Gasteiger partial charge in [-0.05, 0) is 24.0 Å². The molecule has 0 spiro atoms. The summed E-state index contributed by atoms with van der Waals surface area (Å²) < 4.78 is 0. The lowest BCUT2D eigenvalue weighted by molar-refractivity contribution is -0.136. The summed E-state index contributed by atoms with van der Waals surface area (Å²) in [5.74, 6) is -0.142. The average Bonchev–Trinajstić information content (AvgIpc) is 3.20. The van der Waals surface area contributed by atoms with Gasteiger partial charge >= 0.3 is 6.03 Å². The number of rotatable bonds is 9. The molecule has 36 heavy (non-hydrogen) atoms. The zero-order chi connectivity index (χ0) is 25.8. The Hall–Kier alpha value is -3.87. The number of nitrogens with zero attached hydrogens (tertiary/aromatic N) is 2. The number of carbonyl (C=O) groups excluding carboxylic acids is 3. The topological polar surface area (TPSA) is 81.8 Å². The summed E-state index contributed by atoms with van der Waals surface area (Å²) in [5, 5.41) is 6.02. The first kappa shape index (κ1) is 25.2. The molecule has 2 heterocycles. The van der Waals surface area contributed by atoms with Gasteiger partial charge in [0.15, 0.2) is 0 Å². The molecule has 0 unspecified atom stereocenters. The third-order valence-electron chi connectivity index (χ3n) is 6.57. The quantitative estimate of drug-likeness (QED) is 0.530. The molecule has 2 aromatic rings. The van der Waals surface area contributed by atoms with Crippen LogP contribution in [0.25, 0.3) is 0 Å². The Balaban J connectivity index is 1.72. The van der Waals surface area contributed by atoms with Crippen LogP contribution in [0.4, 0.5) is 4.79 Å². The van der Waals surface area contributed by atoms with E-state index in [2.05, 4.69) is 17.2 Å². The molecule has 0 saturated heterocycles. The van der Waals surface area contributed by atoms with Crippen LogP contribution in [0.3, 0.4) is 0 Å². The molecular formula is C29H34N4O3. The van der Waals surface area contributed by atoms with Crippen molar-refractivity contribution in [1.82, 2.24) is 20.4 Å². The van der Waals surface area contributed by atoms with Gasteiger partial charge in [0.25, 0.3) is 5.91 Å². The molecule has 7 heteroatoms. The summed E-state index contributed by atoms with van der Waals surface area (Å²) in [6.45, 7) is 10.8. The molecule has 4 rings (SSSR count). The van der Waals surface area contributed by atoms with Crippen molar-refractivity contribution in [3.05, 3.63) is 95.2 Å². The highest BCUT2D eigenvalue weighted by Crippen LogP contribution is 2.37. The van der Waals surface area contributed by atoms with Crippen LogP contribution in [0.15, 0.2) is 78.5 Å². The van der Waals surface area contributed by atoms with Gasteiger partial charge in [0.2, 0.25) is 5.91 Å². The average molecular weight is 487 g/mol.